The summed E-state index contributed by atoms with van der Waals surface area (Å²) in [4.78, 5) is 0. The second kappa shape index (κ2) is 28.9. The molecule has 0 aromatic rings. The molecule has 0 spiro atoms. The predicted octanol–water partition coefficient (Wildman–Crippen LogP) is 15.6. The maximum Gasteiger partial charge on any atom is 0.457 e. The molecule has 0 atom stereocenters. The molecule has 0 radical (unpaired) electrons. The molecule has 0 nitrogen and oxygen atoms in total. The first kappa shape index (κ1) is 60.3. The summed E-state index contributed by atoms with van der Waals surface area (Å²) in [5, 5.41) is -3.53. The van der Waals surface area contributed by atoms with Crippen molar-refractivity contribution < 1.29 is 73.1 Å². The van der Waals surface area contributed by atoms with Gasteiger partial charge in [-0.15, -0.1) is 0 Å². The SMILES string of the molecule is C.C/C(Cl)=C(/Cl)C(F)(F)F.C/C(Cl)=C(\Cl)C(F)(F)F.C/C=C\C(F)(F)F.CC#CC(F)(F)F.ClC(Cl)=C(Cl)C(Cl)=C(Cl)Cl.[Pd]. The Morgan fingerprint density at radius 1 is 0.568 bits per heavy atom. The Hall–Kier alpha value is 0.982. The average Bonchev–Trinajstić information content (AvgIpc) is 2.75. The molecule has 0 N–H and O–H groups in total. The third-order valence-corrected chi connectivity index (χ3v) is 5.81. The zero-order valence-corrected chi connectivity index (χ0v) is 29.9. The first-order valence-corrected chi connectivity index (χ1v) is 12.9. The van der Waals surface area contributed by atoms with E-state index in [9.17, 15) is 52.7 Å². The summed E-state index contributed by atoms with van der Waals surface area (Å²) in [5.41, 5.74) is 0. The summed E-state index contributed by atoms with van der Waals surface area (Å²) < 4.78 is 134. The van der Waals surface area contributed by atoms with Crippen molar-refractivity contribution >= 4 is 116 Å². The van der Waals surface area contributed by atoms with Crippen molar-refractivity contribution in [3.05, 3.63) is 51.3 Å². The standard InChI is InChI=1S/C4Cl6.2C4H3Cl2F3.C4H5F3.C4H3F3.CH4.Pd/c5-1(3(7)8)2(6)4(9)10;2*1-2(5)3(6)4(7,8)9;2*1-2-3-4(5,6)7;;/h;2*1H3;2-3H,1H3;1H3;1H4;/b;3-2+;2*3-2-;;;. The van der Waals surface area contributed by atoms with E-state index < -0.39 is 44.8 Å². The third-order valence-electron chi connectivity index (χ3n) is 2.25. The van der Waals surface area contributed by atoms with Gasteiger partial charge < -0.3 is 0 Å². The van der Waals surface area contributed by atoms with E-state index in [1.165, 1.54) is 6.92 Å². The molecule has 0 fully saturated rings. The summed E-state index contributed by atoms with van der Waals surface area (Å²) in [6.07, 6.45) is -16.3. The zero-order chi connectivity index (χ0) is 35.4. The molecule has 0 bridgehead atoms. The van der Waals surface area contributed by atoms with Gasteiger partial charge in [0.1, 0.15) is 19.0 Å². The molecule has 0 saturated heterocycles. The molecule has 0 aromatic heterocycles. The number of hydrogen-bond acceptors (Lipinski definition) is 0. The topological polar surface area (TPSA) is 0 Å². The molecular weight excluding hydrogens is 941 g/mol. The molecule has 0 rings (SSSR count). The van der Waals surface area contributed by atoms with E-state index in [0.717, 1.165) is 32.8 Å². The van der Waals surface area contributed by atoms with Gasteiger partial charge in [0.05, 0.1) is 10.1 Å². The van der Waals surface area contributed by atoms with Crippen molar-refractivity contribution in [3.63, 3.8) is 0 Å². The van der Waals surface area contributed by atoms with Crippen LogP contribution in [0.2, 0.25) is 0 Å². The molecule has 266 valence electrons. The van der Waals surface area contributed by atoms with Gasteiger partial charge in [-0.1, -0.05) is 135 Å². The minimum absolute atomic E-state index is 0. The Labute approximate surface area is 309 Å². The van der Waals surface area contributed by atoms with Crippen molar-refractivity contribution in [1.29, 1.82) is 0 Å². The maximum absolute atomic E-state index is 11.4. The molecule has 23 heteroatoms. The second-order valence-corrected chi connectivity index (χ2v) is 10.3. The van der Waals surface area contributed by atoms with Gasteiger partial charge in [0, 0.05) is 42.5 Å². The van der Waals surface area contributed by atoms with Gasteiger partial charge in [-0.3, -0.25) is 0 Å². The number of hydrogen-bond donors (Lipinski definition) is 0. The Morgan fingerprint density at radius 3 is 0.841 bits per heavy atom. The first-order valence-electron chi connectivity index (χ1n) is 9.11. The van der Waals surface area contributed by atoms with Gasteiger partial charge in [-0.2, -0.15) is 52.7 Å². The fraction of sp³-hybridized carbons (Fsp3) is 0.429. The van der Waals surface area contributed by atoms with Gasteiger partial charge >= 0.3 is 24.7 Å². The van der Waals surface area contributed by atoms with Crippen molar-refractivity contribution in [2.45, 2.75) is 59.8 Å². The van der Waals surface area contributed by atoms with E-state index >= 15 is 0 Å². The number of allylic oxidation sites excluding steroid dienone is 8. The first-order chi connectivity index (χ1) is 18.3. The summed E-state index contributed by atoms with van der Waals surface area (Å²) in [5.74, 6) is 2.77. The zero-order valence-electron chi connectivity index (χ0n) is 20.8. The largest absolute Gasteiger partial charge is 0.457 e. The molecule has 0 unspecified atom stereocenters. The number of alkyl halides is 12. The molecule has 0 aliphatic rings. The third kappa shape index (κ3) is 45.1. The fourth-order valence-electron chi connectivity index (χ4n) is 0.887. The number of halogens is 22. The van der Waals surface area contributed by atoms with E-state index in [0.29, 0.717) is 0 Å². The van der Waals surface area contributed by atoms with Crippen LogP contribution in [0.3, 0.4) is 0 Å². The minimum atomic E-state index is -4.51. The van der Waals surface area contributed by atoms with Gasteiger partial charge in [0.15, 0.2) is 0 Å². The van der Waals surface area contributed by atoms with Crippen molar-refractivity contribution in [3.8, 4) is 11.8 Å². The van der Waals surface area contributed by atoms with Crippen molar-refractivity contribution in [1.82, 2.24) is 0 Å². The molecule has 0 amide bonds. The Bertz CT molecular complexity index is 954. The average molecular weight is 959 g/mol. The monoisotopic (exact) mass is 954 g/mol. The fourth-order valence-corrected chi connectivity index (χ4v) is 1.86. The van der Waals surface area contributed by atoms with Crippen LogP contribution < -0.4 is 0 Å². The number of rotatable bonds is 1. The molecule has 0 aromatic carbocycles. The summed E-state index contributed by atoms with van der Waals surface area (Å²) in [6, 6.07) is 0. The Morgan fingerprint density at radius 2 is 0.818 bits per heavy atom. The van der Waals surface area contributed by atoms with Crippen LogP contribution in [0.4, 0.5) is 52.7 Å². The van der Waals surface area contributed by atoms with Crippen LogP contribution in [0.25, 0.3) is 0 Å². The van der Waals surface area contributed by atoms with Crippen LogP contribution in [0, 0.1) is 11.8 Å². The van der Waals surface area contributed by atoms with Crippen molar-refractivity contribution in [2.24, 2.45) is 0 Å². The van der Waals surface area contributed by atoms with Crippen LogP contribution in [0.15, 0.2) is 51.3 Å². The van der Waals surface area contributed by atoms with E-state index in [4.69, 9.17) is 116 Å². The van der Waals surface area contributed by atoms with E-state index in [1.807, 2.05) is 0 Å². The molecular formula is C21H18Cl10F12Pd. The van der Waals surface area contributed by atoms with E-state index in [2.05, 4.69) is 0 Å². The summed E-state index contributed by atoms with van der Waals surface area (Å²) in [7, 11) is 0. The summed E-state index contributed by atoms with van der Waals surface area (Å²) in [6.45, 7) is 4.63. The van der Waals surface area contributed by atoms with Crippen LogP contribution >= 0.6 is 116 Å². The molecule has 0 aliphatic carbocycles. The summed E-state index contributed by atoms with van der Waals surface area (Å²) >= 11 is 51.1. The predicted molar refractivity (Wildman–Crippen MR) is 157 cm³/mol. The molecule has 0 saturated carbocycles. The van der Waals surface area contributed by atoms with E-state index in [-0.39, 0.29) is 53.0 Å². The second-order valence-electron chi connectivity index (χ2n) is 5.75. The normalized spacial score (nSPS) is 12.0. The van der Waals surface area contributed by atoms with Gasteiger partial charge in [-0.05, 0) is 27.7 Å². The van der Waals surface area contributed by atoms with Crippen LogP contribution in [0.5, 0.6) is 0 Å². The molecule has 44 heavy (non-hydrogen) atoms. The van der Waals surface area contributed by atoms with Crippen molar-refractivity contribution in [2.75, 3.05) is 0 Å². The maximum atomic E-state index is 11.4. The van der Waals surface area contributed by atoms with Crippen LogP contribution in [-0.4, -0.2) is 24.7 Å². The quantitative estimate of drug-likeness (QED) is 0.0808. The molecule has 0 aliphatic heterocycles. The minimum Gasteiger partial charge on any atom is -0.167 e. The van der Waals surface area contributed by atoms with Gasteiger partial charge in [-0.25, -0.2) is 0 Å². The molecule has 0 heterocycles. The Kier molecular flexibility index (Phi) is 39.7. The Balaban J connectivity index is -0.0000000774. The smallest absolute Gasteiger partial charge is 0.167 e. The van der Waals surface area contributed by atoms with Gasteiger partial charge in [0.25, 0.3) is 0 Å². The van der Waals surface area contributed by atoms with Crippen LogP contribution in [0.1, 0.15) is 35.1 Å². The van der Waals surface area contributed by atoms with Gasteiger partial charge in [0.2, 0.25) is 0 Å². The van der Waals surface area contributed by atoms with Crippen LogP contribution in [-0.2, 0) is 20.4 Å². The van der Waals surface area contributed by atoms with E-state index in [1.54, 1.807) is 5.92 Å².